The van der Waals surface area contributed by atoms with E-state index >= 15 is 0 Å². The number of ketones is 1. The van der Waals surface area contributed by atoms with Crippen molar-refractivity contribution in [2.45, 2.75) is 33.4 Å². The molecule has 0 aromatic heterocycles. The molecule has 1 aliphatic heterocycles. The van der Waals surface area contributed by atoms with Gasteiger partial charge < -0.3 is 24.4 Å². The second kappa shape index (κ2) is 12.6. The topological polar surface area (TPSA) is 79.3 Å². The average Bonchev–Trinajstić information content (AvgIpc) is 3.21. The zero-order valence-corrected chi connectivity index (χ0v) is 23.0. The zero-order valence-electron chi connectivity index (χ0n) is 23.0. The van der Waals surface area contributed by atoms with E-state index in [-0.39, 0.29) is 24.5 Å². The van der Waals surface area contributed by atoms with Crippen LogP contribution in [0.2, 0.25) is 0 Å². The first kappa shape index (κ1) is 27.9. The molecule has 204 valence electrons. The smallest absolute Gasteiger partial charge is 0.295 e. The zero-order chi connectivity index (χ0) is 27.9. The summed E-state index contributed by atoms with van der Waals surface area (Å²) in [5.74, 6) is -0.877. The van der Waals surface area contributed by atoms with Crippen molar-refractivity contribution in [1.82, 2.24) is 4.90 Å². The first-order chi connectivity index (χ1) is 18.9. The van der Waals surface area contributed by atoms with Gasteiger partial charge in [0, 0.05) is 38.0 Å². The lowest BCUT2D eigenvalue weighted by Crippen LogP contribution is -2.32. The molecule has 0 radical (unpaired) electrons. The number of methoxy groups -OCH3 is 1. The van der Waals surface area contributed by atoms with Crippen molar-refractivity contribution in [3.63, 3.8) is 0 Å². The summed E-state index contributed by atoms with van der Waals surface area (Å²) in [6, 6.07) is 22.2. The van der Waals surface area contributed by atoms with Crippen LogP contribution in [0.3, 0.4) is 0 Å². The molecule has 3 aromatic rings. The average molecular weight is 529 g/mol. The van der Waals surface area contributed by atoms with Gasteiger partial charge in [0.15, 0.2) is 0 Å². The van der Waals surface area contributed by atoms with E-state index in [1.165, 1.54) is 4.90 Å². The van der Waals surface area contributed by atoms with Gasteiger partial charge in [-0.1, -0.05) is 42.5 Å². The first-order valence-electron chi connectivity index (χ1n) is 13.3. The first-order valence-corrected chi connectivity index (χ1v) is 13.3. The van der Waals surface area contributed by atoms with E-state index in [2.05, 4.69) is 18.7 Å². The number of hydrogen-bond donors (Lipinski definition) is 1. The number of nitrogens with zero attached hydrogens (tertiary/aromatic N) is 2. The van der Waals surface area contributed by atoms with Gasteiger partial charge in [0.25, 0.3) is 11.7 Å². The molecule has 1 heterocycles. The number of ether oxygens (including phenoxy) is 2. The van der Waals surface area contributed by atoms with Crippen LogP contribution >= 0.6 is 0 Å². The van der Waals surface area contributed by atoms with Gasteiger partial charge >= 0.3 is 0 Å². The number of rotatable bonds is 11. The van der Waals surface area contributed by atoms with Gasteiger partial charge in [0.05, 0.1) is 18.2 Å². The van der Waals surface area contributed by atoms with Crippen molar-refractivity contribution < 1.29 is 24.2 Å². The Labute approximate surface area is 230 Å². The molecule has 1 atom stereocenters. The second-order valence-corrected chi connectivity index (χ2v) is 9.50. The Bertz CT molecular complexity index is 1330. The van der Waals surface area contributed by atoms with Gasteiger partial charge in [0.1, 0.15) is 18.1 Å². The lowest BCUT2D eigenvalue weighted by Gasteiger charge is -2.26. The Morgan fingerprint density at radius 3 is 2.28 bits per heavy atom. The number of anilines is 1. The number of amides is 1. The van der Waals surface area contributed by atoms with Crippen molar-refractivity contribution in [3.8, 4) is 5.75 Å². The van der Waals surface area contributed by atoms with Crippen LogP contribution in [0.25, 0.3) is 5.76 Å². The van der Waals surface area contributed by atoms with Crippen molar-refractivity contribution in [1.29, 1.82) is 0 Å². The van der Waals surface area contributed by atoms with E-state index in [1.54, 1.807) is 25.3 Å². The summed E-state index contributed by atoms with van der Waals surface area (Å²) in [7, 11) is 1.55. The SMILES string of the molecule is CCN(CC)c1ccc(C2/C(=C(/O)c3ccc(OCc4ccccc4)c(C)c3)C(=O)C(=O)N2CCOC)cc1. The normalized spacial score (nSPS) is 16.5. The van der Waals surface area contributed by atoms with Crippen molar-refractivity contribution in [2.75, 3.05) is 38.3 Å². The number of aryl methyl sites for hydroxylation is 1. The number of benzene rings is 3. The summed E-state index contributed by atoms with van der Waals surface area (Å²) in [6.07, 6.45) is 0. The number of carbonyl (C=O) groups is 2. The molecule has 7 nitrogen and oxygen atoms in total. The Morgan fingerprint density at radius 2 is 1.67 bits per heavy atom. The molecule has 0 saturated carbocycles. The molecule has 1 amide bonds. The molecule has 7 heteroatoms. The molecule has 0 spiro atoms. The highest BCUT2D eigenvalue weighted by atomic mass is 16.5. The van der Waals surface area contributed by atoms with Crippen molar-refractivity contribution in [2.24, 2.45) is 0 Å². The number of aliphatic hydroxyl groups is 1. The van der Waals surface area contributed by atoms with Crippen LogP contribution < -0.4 is 9.64 Å². The fraction of sp³-hybridized carbons (Fsp3) is 0.312. The Morgan fingerprint density at radius 1 is 0.974 bits per heavy atom. The van der Waals surface area contributed by atoms with Crippen LogP contribution in [-0.4, -0.2) is 55.0 Å². The molecule has 4 rings (SSSR count). The number of aliphatic hydroxyl groups excluding tert-OH is 1. The van der Waals surface area contributed by atoms with E-state index in [9.17, 15) is 14.7 Å². The summed E-state index contributed by atoms with van der Waals surface area (Å²) < 4.78 is 11.2. The Hall–Kier alpha value is -4.10. The third-order valence-corrected chi connectivity index (χ3v) is 7.10. The number of hydrogen-bond acceptors (Lipinski definition) is 6. The molecule has 1 N–H and O–H groups in total. The number of carbonyl (C=O) groups excluding carboxylic acids is 2. The monoisotopic (exact) mass is 528 g/mol. The van der Waals surface area contributed by atoms with Crippen LogP contribution in [0.4, 0.5) is 5.69 Å². The Balaban J connectivity index is 1.69. The fourth-order valence-corrected chi connectivity index (χ4v) is 4.95. The Kier molecular flexibility index (Phi) is 9.04. The summed E-state index contributed by atoms with van der Waals surface area (Å²) in [5.41, 5.74) is 4.19. The predicted octanol–water partition coefficient (Wildman–Crippen LogP) is 5.49. The van der Waals surface area contributed by atoms with E-state index in [1.807, 2.05) is 61.5 Å². The third kappa shape index (κ3) is 5.99. The summed E-state index contributed by atoms with van der Waals surface area (Å²) >= 11 is 0. The highest BCUT2D eigenvalue weighted by Gasteiger charge is 2.45. The van der Waals surface area contributed by atoms with Crippen molar-refractivity contribution >= 4 is 23.1 Å². The lowest BCUT2D eigenvalue weighted by molar-refractivity contribution is -0.140. The fourth-order valence-electron chi connectivity index (χ4n) is 4.95. The molecule has 3 aromatic carbocycles. The number of Topliss-reactive ketones (excluding diaryl/α,β-unsaturated/α-hetero) is 1. The number of likely N-dealkylation sites (tertiary alicyclic amines) is 1. The summed E-state index contributed by atoms with van der Waals surface area (Å²) in [5, 5.41) is 11.4. The van der Waals surface area contributed by atoms with Crippen LogP contribution in [0.15, 0.2) is 78.4 Å². The molecule has 1 saturated heterocycles. The third-order valence-electron chi connectivity index (χ3n) is 7.10. The second-order valence-electron chi connectivity index (χ2n) is 9.50. The highest BCUT2D eigenvalue weighted by molar-refractivity contribution is 6.46. The van der Waals surface area contributed by atoms with Crippen molar-refractivity contribution in [3.05, 3.63) is 101 Å². The van der Waals surface area contributed by atoms with Crippen LogP contribution in [-0.2, 0) is 20.9 Å². The van der Waals surface area contributed by atoms with E-state index in [4.69, 9.17) is 9.47 Å². The summed E-state index contributed by atoms with van der Waals surface area (Å²) in [4.78, 5) is 30.1. The molecule has 1 unspecified atom stereocenters. The quantitative estimate of drug-likeness (QED) is 0.202. The molecular formula is C32H36N2O5. The van der Waals surface area contributed by atoms with Crippen LogP contribution in [0.5, 0.6) is 5.75 Å². The van der Waals surface area contributed by atoms with Crippen LogP contribution in [0.1, 0.15) is 42.1 Å². The minimum Gasteiger partial charge on any atom is -0.507 e. The predicted molar refractivity (Wildman–Crippen MR) is 153 cm³/mol. The van der Waals surface area contributed by atoms with Crippen LogP contribution in [0, 0.1) is 6.92 Å². The van der Waals surface area contributed by atoms with E-state index in [0.29, 0.717) is 17.9 Å². The van der Waals surface area contributed by atoms with E-state index in [0.717, 1.165) is 35.5 Å². The molecular weight excluding hydrogens is 492 g/mol. The summed E-state index contributed by atoms with van der Waals surface area (Å²) in [6.45, 7) is 8.73. The minimum absolute atomic E-state index is 0.0732. The maximum absolute atomic E-state index is 13.3. The largest absolute Gasteiger partial charge is 0.507 e. The standard InChI is InChI=1S/C32H36N2O5/c1-5-33(6-2)26-15-12-24(13-16-26)29-28(31(36)32(37)34(29)18-19-38-4)30(35)25-14-17-27(22(3)20-25)39-21-23-10-8-7-9-11-23/h7-17,20,29,35H,5-6,18-19,21H2,1-4H3/b30-28-. The molecule has 1 fully saturated rings. The van der Waals surface area contributed by atoms with Gasteiger partial charge in [-0.2, -0.15) is 0 Å². The van der Waals surface area contributed by atoms with Gasteiger partial charge in [0.2, 0.25) is 0 Å². The minimum atomic E-state index is -0.722. The van der Waals surface area contributed by atoms with Gasteiger partial charge in [-0.3, -0.25) is 9.59 Å². The lowest BCUT2D eigenvalue weighted by atomic mass is 9.94. The maximum Gasteiger partial charge on any atom is 0.295 e. The highest BCUT2D eigenvalue weighted by Crippen LogP contribution is 2.40. The maximum atomic E-state index is 13.3. The van der Waals surface area contributed by atoms with Gasteiger partial charge in [-0.05, 0) is 67.8 Å². The van der Waals surface area contributed by atoms with Gasteiger partial charge in [-0.15, -0.1) is 0 Å². The molecule has 0 aliphatic carbocycles. The van der Waals surface area contributed by atoms with Gasteiger partial charge in [-0.25, -0.2) is 0 Å². The molecule has 0 bridgehead atoms. The molecule has 39 heavy (non-hydrogen) atoms. The van der Waals surface area contributed by atoms with E-state index < -0.39 is 17.7 Å². The molecule has 1 aliphatic rings.